The largest absolute Gasteiger partial charge is 0.493 e. The first kappa shape index (κ1) is 18.6. The molecule has 1 heterocycles. The molecule has 2 aromatic rings. The maximum atomic E-state index is 11.9. The van der Waals surface area contributed by atoms with Gasteiger partial charge in [0.25, 0.3) is 11.5 Å². The Morgan fingerprint density at radius 2 is 1.81 bits per heavy atom. The molecule has 138 valence electrons. The SMILES string of the molecule is COc1ccc(NC(=O)COC(=O)c2[nH]c(=O)[nH]c(=O)c2N)cc1OC. The lowest BCUT2D eigenvalue weighted by atomic mass is 10.2. The molecular weight excluding hydrogens is 348 g/mol. The molecule has 5 N–H and O–H groups in total. The van der Waals surface area contributed by atoms with Crippen LogP contribution in [0, 0.1) is 0 Å². The van der Waals surface area contributed by atoms with E-state index < -0.39 is 41.1 Å². The van der Waals surface area contributed by atoms with Crippen molar-refractivity contribution in [3.63, 3.8) is 0 Å². The molecule has 0 aliphatic heterocycles. The van der Waals surface area contributed by atoms with Crippen molar-refractivity contribution in [2.45, 2.75) is 0 Å². The van der Waals surface area contributed by atoms with Gasteiger partial charge in [0.1, 0.15) is 5.69 Å². The molecule has 1 aromatic heterocycles. The maximum Gasteiger partial charge on any atom is 0.357 e. The van der Waals surface area contributed by atoms with Crippen LogP contribution in [0.5, 0.6) is 11.5 Å². The number of hydrogen-bond donors (Lipinski definition) is 4. The second-order valence-electron chi connectivity index (χ2n) is 4.89. The third-order valence-corrected chi connectivity index (χ3v) is 3.19. The summed E-state index contributed by atoms with van der Waals surface area (Å²) in [6.07, 6.45) is 0. The minimum Gasteiger partial charge on any atom is -0.493 e. The molecule has 11 heteroatoms. The molecular formula is C15H16N4O7. The summed E-state index contributed by atoms with van der Waals surface area (Å²) in [7, 11) is 2.91. The number of H-pyrrole nitrogens is 2. The van der Waals surface area contributed by atoms with Crippen molar-refractivity contribution in [3.05, 3.63) is 44.7 Å². The standard InChI is InChI=1S/C15H16N4O7/c1-24-8-4-3-7(5-9(8)25-2)17-10(20)6-26-14(22)12-11(16)13(21)19-15(23)18-12/h3-5H,6,16H2,1-2H3,(H,17,20)(H2,18,19,21,23). The van der Waals surface area contributed by atoms with Crippen molar-refractivity contribution in [1.82, 2.24) is 9.97 Å². The molecule has 2 rings (SSSR count). The zero-order valence-electron chi connectivity index (χ0n) is 13.9. The summed E-state index contributed by atoms with van der Waals surface area (Å²) in [5, 5.41) is 2.49. The van der Waals surface area contributed by atoms with E-state index >= 15 is 0 Å². The van der Waals surface area contributed by atoms with Gasteiger partial charge in [-0.05, 0) is 12.1 Å². The number of nitrogen functional groups attached to an aromatic ring is 1. The van der Waals surface area contributed by atoms with Crippen LogP contribution < -0.4 is 31.8 Å². The molecule has 0 aliphatic carbocycles. The van der Waals surface area contributed by atoms with E-state index in [9.17, 15) is 19.2 Å². The van der Waals surface area contributed by atoms with Gasteiger partial charge in [0.05, 0.1) is 14.2 Å². The molecule has 0 spiro atoms. The lowest BCUT2D eigenvalue weighted by Gasteiger charge is -2.11. The molecule has 0 aliphatic rings. The summed E-state index contributed by atoms with van der Waals surface area (Å²) in [5.41, 5.74) is 2.87. The predicted octanol–water partition coefficient (Wildman–Crippen LogP) is -0.542. The Morgan fingerprint density at radius 3 is 2.46 bits per heavy atom. The highest BCUT2D eigenvalue weighted by molar-refractivity contribution is 5.96. The molecule has 0 saturated carbocycles. The first-order chi connectivity index (χ1) is 12.3. The van der Waals surface area contributed by atoms with Gasteiger partial charge in [-0.3, -0.25) is 19.6 Å². The second kappa shape index (κ2) is 7.88. The summed E-state index contributed by atoms with van der Waals surface area (Å²) >= 11 is 0. The van der Waals surface area contributed by atoms with Crippen LogP contribution in [0.25, 0.3) is 0 Å². The number of aromatic amines is 2. The summed E-state index contributed by atoms with van der Waals surface area (Å²) in [5.74, 6) is -0.897. The second-order valence-corrected chi connectivity index (χ2v) is 4.89. The number of anilines is 2. The minimum absolute atomic E-state index is 0.382. The van der Waals surface area contributed by atoms with Gasteiger partial charge in [-0.25, -0.2) is 9.59 Å². The van der Waals surface area contributed by atoms with Crippen molar-refractivity contribution in [3.8, 4) is 11.5 Å². The van der Waals surface area contributed by atoms with E-state index in [4.69, 9.17) is 19.9 Å². The van der Waals surface area contributed by atoms with Crippen molar-refractivity contribution in [1.29, 1.82) is 0 Å². The van der Waals surface area contributed by atoms with Gasteiger partial charge in [0.15, 0.2) is 23.8 Å². The number of carbonyl (C=O) groups is 2. The average Bonchev–Trinajstić information content (AvgIpc) is 2.62. The number of rotatable bonds is 6. The molecule has 0 saturated heterocycles. The van der Waals surface area contributed by atoms with Gasteiger partial charge in [-0.15, -0.1) is 0 Å². The van der Waals surface area contributed by atoms with Crippen molar-refractivity contribution in [2.24, 2.45) is 0 Å². The summed E-state index contributed by atoms with van der Waals surface area (Å²) in [4.78, 5) is 50.2. The number of esters is 1. The minimum atomic E-state index is -1.12. The number of ether oxygens (including phenoxy) is 3. The molecule has 0 unspecified atom stereocenters. The normalized spacial score (nSPS) is 10.1. The topological polar surface area (TPSA) is 166 Å². The number of nitrogens with two attached hydrogens (primary N) is 1. The Hall–Kier alpha value is -3.76. The highest BCUT2D eigenvalue weighted by atomic mass is 16.5. The number of carbonyl (C=O) groups excluding carboxylic acids is 2. The number of methoxy groups -OCH3 is 2. The van der Waals surface area contributed by atoms with Crippen molar-refractivity contribution >= 4 is 23.3 Å². The molecule has 0 atom stereocenters. The zero-order valence-corrected chi connectivity index (χ0v) is 13.9. The Kier molecular flexibility index (Phi) is 5.63. The lowest BCUT2D eigenvalue weighted by Crippen LogP contribution is -2.30. The fourth-order valence-electron chi connectivity index (χ4n) is 1.97. The van der Waals surface area contributed by atoms with E-state index in [1.807, 2.05) is 9.97 Å². The maximum absolute atomic E-state index is 11.9. The first-order valence-corrected chi connectivity index (χ1v) is 7.16. The van der Waals surface area contributed by atoms with Crippen LogP contribution in [-0.2, 0) is 9.53 Å². The van der Waals surface area contributed by atoms with Crippen LogP contribution in [0.15, 0.2) is 27.8 Å². The fraction of sp³-hybridized carbons (Fsp3) is 0.200. The monoisotopic (exact) mass is 364 g/mol. The highest BCUT2D eigenvalue weighted by Gasteiger charge is 2.17. The van der Waals surface area contributed by atoms with Crippen molar-refractivity contribution < 1.29 is 23.8 Å². The fourth-order valence-corrected chi connectivity index (χ4v) is 1.97. The van der Waals surface area contributed by atoms with Crippen LogP contribution >= 0.6 is 0 Å². The van der Waals surface area contributed by atoms with E-state index in [0.717, 1.165) is 0 Å². The molecule has 1 aromatic carbocycles. The van der Waals surface area contributed by atoms with Gasteiger partial charge in [0, 0.05) is 11.8 Å². The van der Waals surface area contributed by atoms with Crippen LogP contribution in [0.4, 0.5) is 11.4 Å². The molecule has 1 amide bonds. The van der Waals surface area contributed by atoms with Gasteiger partial charge < -0.3 is 25.3 Å². The quantitative estimate of drug-likeness (QED) is 0.496. The van der Waals surface area contributed by atoms with E-state index in [2.05, 4.69) is 5.32 Å². The molecule has 26 heavy (non-hydrogen) atoms. The predicted molar refractivity (Wildman–Crippen MR) is 90.6 cm³/mol. The Labute approximate surface area is 146 Å². The Morgan fingerprint density at radius 1 is 1.12 bits per heavy atom. The van der Waals surface area contributed by atoms with Crippen LogP contribution in [0.2, 0.25) is 0 Å². The van der Waals surface area contributed by atoms with E-state index in [1.165, 1.54) is 20.3 Å². The molecule has 0 fully saturated rings. The Balaban J connectivity index is 2.02. The van der Waals surface area contributed by atoms with E-state index in [-0.39, 0.29) is 0 Å². The van der Waals surface area contributed by atoms with Crippen molar-refractivity contribution in [2.75, 3.05) is 31.9 Å². The number of aromatic nitrogens is 2. The number of benzene rings is 1. The number of nitrogens with one attached hydrogen (secondary N) is 3. The number of hydrogen-bond acceptors (Lipinski definition) is 8. The van der Waals surface area contributed by atoms with Gasteiger partial charge in [0.2, 0.25) is 0 Å². The average molecular weight is 364 g/mol. The van der Waals surface area contributed by atoms with E-state index in [0.29, 0.717) is 17.2 Å². The highest BCUT2D eigenvalue weighted by Crippen LogP contribution is 2.29. The van der Waals surface area contributed by atoms with Gasteiger partial charge in [-0.1, -0.05) is 0 Å². The molecule has 0 bridgehead atoms. The van der Waals surface area contributed by atoms with Crippen LogP contribution in [0.1, 0.15) is 10.5 Å². The Bertz CT molecular complexity index is 948. The van der Waals surface area contributed by atoms with Crippen LogP contribution in [-0.4, -0.2) is 42.7 Å². The summed E-state index contributed by atoms with van der Waals surface area (Å²) in [6.45, 7) is -0.665. The summed E-state index contributed by atoms with van der Waals surface area (Å²) in [6, 6.07) is 4.67. The smallest absolute Gasteiger partial charge is 0.357 e. The first-order valence-electron chi connectivity index (χ1n) is 7.16. The zero-order chi connectivity index (χ0) is 19.3. The summed E-state index contributed by atoms with van der Waals surface area (Å²) < 4.78 is 14.9. The lowest BCUT2D eigenvalue weighted by molar-refractivity contribution is -0.119. The van der Waals surface area contributed by atoms with Gasteiger partial charge in [-0.2, -0.15) is 0 Å². The molecule has 0 radical (unpaired) electrons. The van der Waals surface area contributed by atoms with Gasteiger partial charge >= 0.3 is 11.7 Å². The van der Waals surface area contributed by atoms with Crippen LogP contribution in [0.3, 0.4) is 0 Å². The van der Waals surface area contributed by atoms with E-state index in [1.54, 1.807) is 12.1 Å². The third-order valence-electron chi connectivity index (χ3n) is 3.19. The number of amides is 1. The molecule has 11 nitrogen and oxygen atoms in total. The third kappa shape index (κ3) is 4.20.